The summed E-state index contributed by atoms with van der Waals surface area (Å²) in [5.41, 5.74) is 2.94. The molecule has 1 saturated carbocycles. The molecule has 4 nitrogen and oxygen atoms in total. The van der Waals surface area contributed by atoms with E-state index in [9.17, 15) is 4.79 Å². The van der Waals surface area contributed by atoms with Gasteiger partial charge in [-0.25, -0.2) is 0 Å². The Morgan fingerprint density at radius 1 is 0.903 bits per heavy atom. The van der Waals surface area contributed by atoms with Crippen molar-refractivity contribution in [2.75, 3.05) is 0 Å². The van der Waals surface area contributed by atoms with Crippen LogP contribution in [0.25, 0.3) is 21.7 Å². The zero-order valence-electron chi connectivity index (χ0n) is 17.9. The van der Waals surface area contributed by atoms with Crippen LogP contribution in [0.1, 0.15) is 54.7 Å². The van der Waals surface area contributed by atoms with Crippen LogP contribution < -0.4 is 10.6 Å². The zero-order valence-corrected chi connectivity index (χ0v) is 17.9. The van der Waals surface area contributed by atoms with E-state index < -0.39 is 0 Å². The highest BCUT2D eigenvalue weighted by atomic mass is 16.2. The van der Waals surface area contributed by atoms with Crippen LogP contribution in [0.2, 0.25) is 0 Å². The zero-order chi connectivity index (χ0) is 21.2. The first kappa shape index (κ1) is 19.8. The number of benzene rings is 3. The maximum Gasteiger partial charge on any atom is 0.268 e. The van der Waals surface area contributed by atoms with Crippen LogP contribution in [-0.2, 0) is 0 Å². The molecule has 4 heteroatoms. The highest BCUT2D eigenvalue weighted by molar-refractivity contribution is 5.98. The molecule has 0 aliphatic heterocycles. The molecular weight excluding hydrogens is 382 g/mol. The SMILES string of the molecule is CC(N[C@@H]1CCCC[C@H]1NC(=O)c1cc2ccccc2[nH]1)c1cccc2ccccc12. The molecular formula is C27H29N3O. The molecule has 31 heavy (non-hydrogen) atoms. The smallest absolute Gasteiger partial charge is 0.268 e. The largest absolute Gasteiger partial charge is 0.351 e. The standard InChI is InChI=1S/C27H29N3O/c1-18(21-13-8-11-19-9-2-4-12-22(19)21)28-24-15-6-7-16-25(24)30-27(31)26-17-20-10-3-5-14-23(20)29-26/h2-5,8-14,17-18,24-25,28-29H,6-7,15-16H2,1H3,(H,30,31)/t18?,24-,25-/m1/s1. The van der Waals surface area contributed by atoms with E-state index in [0.29, 0.717) is 5.69 Å². The number of para-hydroxylation sites is 1. The highest BCUT2D eigenvalue weighted by Gasteiger charge is 2.28. The Labute approximate surface area is 183 Å². The van der Waals surface area contributed by atoms with Crippen LogP contribution in [-0.4, -0.2) is 23.0 Å². The van der Waals surface area contributed by atoms with Gasteiger partial charge in [-0.05, 0) is 48.2 Å². The molecule has 1 aliphatic carbocycles. The highest BCUT2D eigenvalue weighted by Crippen LogP contribution is 2.27. The minimum absolute atomic E-state index is 0.0206. The van der Waals surface area contributed by atoms with E-state index >= 15 is 0 Å². The van der Waals surface area contributed by atoms with E-state index in [1.807, 2.05) is 30.3 Å². The van der Waals surface area contributed by atoms with Gasteiger partial charge in [-0.1, -0.05) is 73.5 Å². The topological polar surface area (TPSA) is 56.9 Å². The molecule has 5 rings (SSSR count). The molecule has 1 unspecified atom stereocenters. The first-order valence-electron chi connectivity index (χ1n) is 11.3. The summed E-state index contributed by atoms with van der Waals surface area (Å²) >= 11 is 0. The van der Waals surface area contributed by atoms with E-state index in [1.165, 1.54) is 22.8 Å². The molecule has 1 aliphatic rings. The van der Waals surface area contributed by atoms with Crippen molar-refractivity contribution in [3.63, 3.8) is 0 Å². The van der Waals surface area contributed by atoms with Crippen LogP contribution in [0, 0.1) is 0 Å². The fourth-order valence-electron chi connectivity index (χ4n) is 4.98. The van der Waals surface area contributed by atoms with Crippen molar-refractivity contribution in [2.24, 2.45) is 0 Å². The Balaban J connectivity index is 1.32. The number of amides is 1. The van der Waals surface area contributed by atoms with Gasteiger partial charge in [-0.15, -0.1) is 0 Å². The fraction of sp³-hybridized carbons (Fsp3) is 0.296. The summed E-state index contributed by atoms with van der Waals surface area (Å²) in [4.78, 5) is 16.2. The van der Waals surface area contributed by atoms with Crippen LogP contribution in [0.4, 0.5) is 0 Å². The lowest BCUT2D eigenvalue weighted by Crippen LogP contribution is -2.52. The molecule has 1 amide bonds. The first-order valence-corrected chi connectivity index (χ1v) is 11.3. The van der Waals surface area contributed by atoms with Crippen LogP contribution in [0.5, 0.6) is 0 Å². The molecule has 4 aromatic rings. The molecule has 0 radical (unpaired) electrons. The van der Waals surface area contributed by atoms with Crippen molar-refractivity contribution >= 4 is 27.6 Å². The van der Waals surface area contributed by atoms with Crippen LogP contribution in [0.3, 0.4) is 0 Å². The minimum atomic E-state index is -0.0206. The van der Waals surface area contributed by atoms with Gasteiger partial charge in [-0.2, -0.15) is 0 Å². The molecule has 3 N–H and O–H groups in total. The number of aromatic amines is 1. The second kappa shape index (κ2) is 8.56. The maximum absolute atomic E-state index is 13.0. The molecule has 1 fully saturated rings. The number of H-pyrrole nitrogens is 1. The predicted octanol–water partition coefficient (Wildman–Crippen LogP) is 5.71. The Kier molecular flexibility index (Phi) is 5.47. The van der Waals surface area contributed by atoms with Crippen molar-refractivity contribution in [2.45, 2.75) is 50.7 Å². The van der Waals surface area contributed by atoms with E-state index in [-0.39, 0.29) is 24.0 Å². The summed E-state index contributed by atoms with van der Waals surface area (Å²) in [6.07, 6.45) is 4.43. The second-order valence-electron chi connectivity index (χ2n) is 8.70. The van der Waals surface area contributed by atoms with Gasteiger partial charge in [0.1, 0.15) is 5.69 Å². The van der Waals surface area contributed by atoms with Crippen LogP contribution >= 0.6 is 0 Å². The van der Waals surface area contributed by atoms with Crippen molar-refractivity contribution in [1.29, 1.82) is 0 Å². The second-order valence-corrected chi connectivity index (χ2v) is 8.70. The summed E-state index contributed by atoms with van der Waals surface area (Å²) in [7, 11) is 0. The Hall–Kier alpha value is -3.11. The third kappa shape index (κ3) is 4.08. The number of carbonyl (C=O) groups is 1. The van der Waals surface area contributed by atoms with Gasteiger partial charge in [0.25, 0.3) is 5.91 Å². The van der Waals surface area contributed by atoms with Gasteiger partial charge in [0.05, 0.1) is 0 Å². The van der Waals surface area contributed by atoms with Crippen molar-refractivity contribution in [3.8, 4) is 0 Å². The number of aromatic nitrogens is 1. The molecule has 0 saturated heterocycles. The summed E-state index contributed by atoms with van der Waals surface area (Å²) < 4.78 is 0. The van der Waals surface area contributed by atoms with E-state index in [4.69, 9.17) is 0 Å². The number of rotatable bonds is 5. The van der Waals surface area contributed by atoms with Crippen molar-refractivity contribution < 1.29 is 4.79 Å². The van der Waals surface area contributed by atoms with E-state index in [0.717, 1.165) is 30.2 Å². The molecule has 0 bridgehead atoms. The summed E-state index contributed by atoms with van der Waals surface area (Å²) in [6.45, 7) is 2.23. The summed E-state index contributed by atoms with van der Waals surface area (Å²) in [6, 6.07) is 25.6. The molecule has 0 spiro atoms. The predicted molar refractivity (Wildman–Crippen MR) is 127 cm³/mol. The molecule has 3 atom stereocenters. The lowest BCUT2D eigenvalue weighted by Gasteiger charge is -2.35. The molecule has 1 heterocycles. The van der Waals surface area contributed by atoms with Gasteiger partial charge in [0.2, 0.25) is 0 Å². The Bertz CT molecular complexity index is 1170. The molecule has 3 aromatic carbocycles. The first-order chi connectivity index (χ1) is 15.2. The maximum atomic E-state index is 13.0. The normalized spacial score (nSPS) is 20.0. The van der Waals surface area contributed by atoms with Gasteiger partial charge in [-0.3, -0.25) is 4.79 Å². The fourth-order valence-corrected chi connectivity index (χ4v) is 4.98. The average molecular weight is 412 g/mol. The number of carbonyl (C=O) groups excluding carboxylic acids is 1. The quantitative estimate of drug-likeness (QED) is 0.394. The molecule has 1 aromatic heterocycles. The van der Waals surface area contributed by atoms with Crippen LogP contribution in [0.15, 0.2) is 72.8 Å². The Morgan fingerprint density at radius 3 is 2.45 bits per heavy atom. The minimum Gasteiger partial charge on any atom is -0.351 e. The van der Waals surface area contributed by atoms with Gasteiger partial charge < -0.3 is 15.6 Å². The van der Waals surface area contributed by atoms with Crippen molar-refractivity contribution in [1.82, 2.24) is 15.6 Å². The summed E-state index contributed by atoms with van der Waals surface area (Å²) in [5, 5.41) is 10.8. The molecule has 158 valence electrons. The number of hydrogen-bond donors (Lipinski definition) is 3. The van der Waals surface area contributed by atoms with Crippen molar-refractivity contribution in [3.05, 3.63) is 84.1 Å². The number of fused-ring (bicyclic) bond motifs is 2. The van der Waals surface area contributed by atoms with Gasteiger partial charge in [0, 0.05) is 29.0 Å². The third-order valence-corrected chi connectivity index (χ3v) is 6.61. The monoisotopic (exact) mass is 411 g/mol. The number of nitrogens with one attached hydrogen (secondary N) is 3. The summed E-state index contributed by atoms with van der Waals surface area (Å²) in [5.74, 6) is -0.0206. The van der Waals surface area contributed by atoms with Gasteiger partial charge in [0.15, 0.2) is 0 Å². The van der Waals surface area contributed by atoms with E-state index in [2.05, 4.69) is 65.0 Å². The number of hydrogen-bond acceptors (Lipinski definition) is 2. The lowest BCUT2D eigenvalue weighted by atomic mass is 9.88. The average Bonchev–Trinajstić information content (AvgIpc) is 3.24. The van der Waals surface area contributed by atoms with Gasteiger partial charge >= 0.3 is 0 Å². The Morgan fingerprint density at radius 2 is 1.61 bits per heavy atom. The lowest BCUT2D eigenvalue weighted by molar-refractivity contribution is 0.0908. The van der Waals surface area contributed by atoms with E-state index in [1.54, 1.807) is 0 Å². The third-order valence-electron chi connectivity index (χ3n) is 6.61.